The summed E-state index contributed by atoms with van der Waals surface area (Å²) in [5.41, 5.74) is 2.51. The van der Waals surface area contributed by atoms with Crippen LogP contribution in [0, 0.1) is 11.8 Å². The Morgan fingerprint density at radius 1 is 1.33 bits per heavy atom. The lowest BCUT2D eigenvalue weighted by Crippen LogP contribution is -2.18. The molecule has 1 saturated heterocycles. The van der Waals surface area contributed by atoms with Crippen molar-refractivity contribution in [1.29, 1.82) is 0 Å². The second-order valence-electron chi connectivity index (χ2n) is 7.75. The highest BCUT2D eigenvalue weighted by Gasteiger charge is 2.12. The number of thiophene rings is 1. The van der Waals surface area contributed by atoms with Crippen molar-refractivity contribution < 1.29 is 9.94 Å². The molecule has 0 unspecified atom stereocenters. The van der Waals surface area contributed by atoms with Gasteiger partial charge in [0.1, 0.15) is 18.7 Å². The molecule has 0 aliphatic carbocycles. The summed E-state index contributed by atoms with van der Waals surface area (Å²) < 4.78 is 6.76. The minimum absolute atomic E-state index is 0.273. The predicted octanol–water partition coefficient (Wildman–Crippen LogP) is 4.72. The first kappa shape index (κ1) is 21.7. The van der Waals surface area contributed by atoms with Crippen LogP contribution < -0.4 is 15.4 Å². The van der Waals surface area contributed by atoms with Gasteiger partial charge in [-0.1, -0.05) is 35.6 Å². The Morgan fingerprint density at radius 3 is 3.09 bits per heavy atom. The average Bonchev–Trinajstić information content (AvgIpc) is 3.47. The molecule has 2 aromatic heterocycles. The Morgan fingerprint density at radius 2 is 2.27 bits per heavy atom. The minimum Gasteiger partial charge on any atom is -0.487 e. The van der Waals surface area contributed by atoms with E-state index in [1.165, 1.54) is 6.42 Å². The summed E-state index contributed by atoms with van der Waals surface area (Å²) in [5.74, 6) is 7.85. The van der Waals surface area contributed by atoms with Gasteiger partial charge in [0.2, 0.25) is 0 Å². The van der Waals surface area contributed by atoms with Crippen molar-refractivity contribution in [1.82, 2.24) is 20.3 Å². The standard InChI is InChI=1S/C24H22ClN5O2S/c25-20-11-18(6-8-22(20)32-14-16-3-2-10-30(31)13-16)29-24-23-21(27-15-28-24)12-19(33-23)7-5-17-4-1-9-26-17/h2-3,6,8,11-13,15,17,26,31H,1,4,9-10,14H2,(H,27,28,29)/t17-/m1/s1. The maximum absolute atomic E-state index is 9.56. The fourth-order valence-corrected chi connectivity index (χ4v) is 4.80. The number of rotatable bonds is 5. The predicted molar refractivity (Wildman–Crippen MR) is 131 cm³/mol. The number of ether oxygens (including phenoxy) is 1. The van der Waals surface area contributed by atoms with Crippen molar-refractivity contribution >= 4 is 44.7 Å². The van der Waals surface area contributed by atoms with E-state index in [2.05, 4.69) is 32.4 Å². The third kappa shape index (κ3) is 5.29. The molecule has 168 valence electrons. The van der Waals surface area contributed by atoms with Gasteiger partial charge in [-0.3, -0.25) is 10.3 Å². The van der Waals surface area contributed by atoms with Crippen LogP contribution in [-0.2, 0) is 0 Å². The van der Waals surface area contributed by atoms with Gasteiger partial charge < -0.3 is 15.4 Å². The molecule has 1 fully saturated rings. The molecule has 5 rings (SSSR count). The van der Waals surface area contributed by atoms with Crippen molar-refractivity contribution in [3.05, 3.63) is 64.4 Å². The van der Waals surface area contributed by atoms with Crippen LogP contribution in [0.1, 0.15) is 17.7 Å². The van der Waals surface area contributed by atoms with Gasteiger partial charge in [-0.2, -0.15) is 0 Å². The van der Waals surface area contributed by atoms with E-state index in [0.717, 1.165) is 44.4 Å². The maximum atomic E-state index is 9.56. The maximum Gasteiger partial charge on any atom is 0.151 e. The lowest BCUT2D eigenvalue weighted by atomic mass is 10.2. The SMILES string of the molecule is ON1C=C(COc2ccc(Nc3ncnc4cc(C#C[C@H]5CCCN5)sc34)cc2Cl)C=CC1. The molecule has 3 N–H and O–H groups in total. The third-order valence-corrected chi connectivity index (χ3v) is 6.61. The van der Waals surface area contributed by atoms with E-state index in [9.17, 15) is 5.21 Å². The Hall–Kier alpha value is -3.09. The lowest BCUT2D eigenvalue weighted by Gasteiger charge is -2.17. The average molecular weight is 480 g/mol. The van der Waals surface area contributed by atoms with Crippen molar-refractivity contribution in [2.45, 2.75) is 18.9 Å². The highest BCUT2D eigenvalue weighted by atomic mass is 35.5. The van der Waals surface area contributed by atoms with Gasteiger partial charge in [-0.15, -0.1) is 11.3 Å². The zero-order valence-electron chi connectivity index (χ0n) is 17.7. The van der Waals surface area contributed by atoms with E-state index in [4.69, 9.17) is 16.3 Å². The van der Waals surface area contributed by atoms with E-state index in [-0.39, 0.29) is 6.04 Å². The van der Waals surface area contributed by atoms with Crippen molar-refractivity contribution in [3.8, 4) is 17.6 Å². The number of benzene rings is 1. The van der Waals surface area contributed by atoms with Gasteiger partial charge in [0.25, 0.3) is 0 Å². The Bertz CT molecular complexity index is 1290. The molecular formula is C24H22ClN5O2S. The van der Waals surface area contributed by atoms with Gasteiger partial charge in [-0.05, 0) is 43.7 Å². The summed E-state index contributed by atoms with van der Waals surface area (Å²) in [6.45, 7) is 1.81. The van der Waals surface area contributed by atoms with Gasteiger partial charge in [0.15, 0.2) is 5.82 Å². The van der Waals surface area contributed by atoms with Crippen molar-refractivity contribution in [2.24, 2.45) is 0 Å². The minimum atomic E-state index is 0.273. The fraction of sp³-hybridized carbons (Fsp3) is 0.250. The highest BCUT2D eigenvalue weighted by molar-refractivity contribution is 7.20. The van der Waals surface area contributed by atoms with E-state index in [1.807, 2.05) is 30.4 Å². The molecule has 2 aliphatic rings. The van der Waals surface area contributed by atoms with Gasteiger partial charge in [0, 0.05) is 17.5 Å². The zero-order chi connectivity index (χ0) is 22.6. The molecule has 1 aromatic carbocycles. The molecule has 0 bridgehead atoms. The van der Waals surface area contributed by atoms with Gasteiger partial charge in [-0.25, -0.2) is 9.97 Å². The monoisotopic (exact) mass is 479 g/mol. The van der Waals surface area contributed by atoms with E-state index in [1.54, 1.807) is 29.9 Å². The summed E-state index contributed by atoms with van der Waals surface area (Å²) in [4.78, 5) is 9.78. The Kier molecular flexibility index (Phi) is 6.46. The molecule has 33 heavy (non-hydrogen) atoms. The first-order valence-electron chi connectivity index (χ1n) is 10.7. The van der Waals surface area contributed by atoms with Crippen LogP contribution in [0.4, 0.5) is 11.5 Å². The van der Waals surface area contributed by atoms with Crippen LogP contribution in [0.2, 0.25) is 5.02 Å². The molecule has 9 heteroatoms. The van der Waals surface area contributed by atoms with Gasteiger partial charge >= 0.3 is 0 Å². The largest absolute Gasteiger partial charge is 0.487 e. The zero-order valence-corrected chi connectivity index (χ0v) is 19.3. The highest BCUT2D eigenvalue weighted by Crippen LogP contribution is 2.33. The molecule has 7 nitrogen and oxygen atoms in total. The molecule has 0 radical (unpaired) electrons. The first-order valence-corrected chi connectivity index (χ1v) is 11.8. The number of halogens is 1. The molecule has 1 atom stereocenters. The van der Waals surface area contributed by atoms with Gasteiger partial charge in [0.05, 0.1) is 32.7 Å². The van der Waals surface area contributed by atoms with Crippen LogP contribution in [0.5, 0.6) is 5.75 Å². The number of hydrogen-bond donors (Lipinski definition) is 3. The Balaban J connectivity index is 1.30. The van der Waals surface area contributed by atoms with Crippen LogP contribution in [0.3, 0.4) is 0 Å². The second kappa shape index (κ2) is 9.81. The topological polar surface area (TPSA) is 82.5 Å². The first-order chi connectivity index (χ1) is 16.1. The van der Waals surface area contributed by atoms with Crippen molar-refractivity contribution in [2.75, 3.05) is 25.0 Å². The van der Waals surface area contributed by atoms with Crippen LogP contribution in [-0.4, -0.2) is 46.0 Å². The number of nitrogens with zero attached hydrogens (tertiary/aromatic N) is 3. The molecular weight excluding hydrogens is 458 g/mol. The van der Waals surface area contributed by atoms with Crippen LogP contribution in [0.25, 0.3) is 10.2 Å². The number of fused-ring (bicyclic) bond motifs is 1. The molecule has 0 spiro atoms. The van der Waals surface area contributed by atoms with E-state index >= 15 is 0 Å². The molecule has 0 saturated carbocycles. The summed E-state index contributed by atoms with van der Waals surface area (Å²) in [5, 5.41) is 17.9. The smallest absolute Gasteiger partial charge is 0.151 e. The summed E-state index contributed by atoms with van der Waals surface area (Å²) in [7, 11) is 0. The Labute approximate surface area is 200 Å². The third-order valence-electron chi connectivity index (χ3n) is 5.27. The molecule has 2 aliphatic heterocycles. The van der Waals surface area contributed by atoms with Crippen LogP contribution in [0.15, 0.2) is 54.5 Å². The second-order valence-corrected chi connectivity index (χ2v) is 9.21. The van der Waals surface area contributed by atoms with Crippen LogP contribution >= 0.6 is 22.9 Å². The fourth-order valence-electron chi connectivity index (χ4n) is 3.65. The van der Waals surface area contributed by atoms with E-state index < -0.39 is 0 Å². The molecule has 3 aromatic rings. The summed E-state index contributed by atoms with van der Waals surface area (Å²) >= 11 is 8.03. The number of hydroxylamine groups is 2. The summed E-state index contributed by atoms with van der Waals surface area (Å²) in [6, 6.07) is 7.77. The summed E-state index contributed by atoms with van der Waals surface area (Å²) in [6.07, 6.45) is 9.23. The number of anilines is 2. The lowest BCUT2D eigenvalue weighted by molar-refractivity contribution is -0.0316. The molecule has 0 amide bonds. The quantitative estimate of drug-likeness (QED) is 0.457. The van der Waals surface area contributed by atoms with E-state index in [0.29, 0.717) is 29.7 Å². The molecule has 4 heterocycles. The number of hydrogen-bond acceptors (Lipinski definition) is 8. The van der Waals surface area contributed by atoms with Crippen molar-refractivity contribution in [3.63, 3.8) is 0 Å². The number of nitrogens with one attached hydrogen (secondary N) is 2. The normalized spacial score (nSPS) is 17.6. The number of aromatic nitrogens is 2.